The maximum absolute atomic E-state index is 10.9. The summed E-state index contributed by atoms with van der Waals surface area (Å²) >= 11 is 0. The number of aromatic nitrogens is 2. The smallest absolute Gasteiger partial charge is 0.356 e. The maximum atomic E-state index is 10.9. The molecule has 2 aromatic heterocycles. The van der Waals surface area contributed by atoms with Crippen molar-refractivity contribution in [1.29, 1.82) is 0 Å². The Morgan fingerprint density at radius 3 is 2.94 bits per heavy atom. The third-order valence-electron chi connectivity index (χ3n) is 2.87. The number of fused-ring (bicyclic) bond motifs is 3. The minimum atomic E-state index is -1.03. The van der Waals surface area contributed by atoms with E-state index in [1.54, 1.807) is 17.7 Å². The van der Waals surface area contributed by atoms with Gasteiger partial charge in [-0.1, -0.05) is 6.07 Å². The third kappa shape index (κ3) is 1.48. The number of rotatable bonds is 2. The first-order valence-electron chi connectivity index (χ1n) is 5.38. The number of imidazole rings is 1. The van der Waals surface area contributed by atoms with Gasteiger partial charge in [0.2, 0.25) is 0 Å². The van der Waals surface area contributed by atoms with E-state index in [2.05, 4.69) is 4.98 Å². The Bertz CT molecular complexity index is 761. The van der Waals surface area contributed by atoms with E-state index in [1.165, 1.54) is 6.20 Å². The SMILES string of the molecule is COc1ccc2ccn3cc(C(=O)O)nc3c2c1. The predicted molar refractivity (Wildman–Crippen MR) is 66.2 cm³/mol. The van der Waals surface area contributed by atoms with Crippen LogP contribution in [0.25, 0.3) is 16.4 Å². The lowest BCUT2D eigenvalue weighted by Crippen LogP contribution is -1.94. The molecule has 0 aliphatic rings. The molecule has 1 aromatic carbocycles. The number of benzene rings is 1. The van der Waals surface area contributed by atoms with Crippen LogP contribution in [0.4, 0.5) is 0 Å². The van der Waals surface area contributed by atoms with Gasteiger partial charge >= 0.3 is 5.97 Å². The fourth-order valence-electron chi connectivity index (χ4n) is 1.97. The first-order chi connectivity index (χ1) is 8.69. The molecule has 0 saturated carbocycles. The van der Waals surface area contributed by atoms with Crippen LogP contribution in [0.15, 0.2) is 36.7 Å². The van der Waals surface area contributed by atoms with E-state index in [1.807, 2.05) is 24.3 Å². The van der Waals surface area contributed by atoms with Gasteiger partial charge in [-0.05, 0) is 23.6 Å². The second kappa shape index (κ2) is 3.73. The van der Waals surface area contributed by atoms with E-state index in [0.717, 1.165) is 16.5 Å². The zero-order chi connectivity index (χ0) is 12.7. The molecule has 0 saturated heterocycles. The quantitative estimate of drug-likeness (QED) is 0.748. The summed E-state index contributed by atoms with van der Waals surface area (Å²) in [5.74, 6) is -0.315. The fourth-order valence-corrected chi connectivity index (χ4v) is 1.97. The average Bonchev–Trinajstić information content (AvgIpc) is 2.82. The van der Waals surface area contributed by atoms with Gasteiger partial charge in [-0.3, -0.25) is 0 Å². The molecule has 2 heterocycles. The van der Waals surface area contributed by atoms with E-state index >= 15 is 0 Å². The van der Waals surface area contributed by atoms with Crippen molar-refractivity contribution in [3.63, 3.8) is 0 Å². The Kier molecular flexibility index (Phi) is 2.19. The van der Waals surface area contributed by atoms with Crippen molar-refractivity contribution in [1.82, 2.24) is 9.38 Å². The van der Waals surface area contributed by atoms with Gasteiger partial charge < -0.3 is 14.2 Å². The predicted octanol–water partition coefficient (Wildman–Crippen LogP) is 2.19. The molecule has 3 rings (SSSR count). The lowest BCUT2D eigenvalue weighted by atomic mass is 10.1. The molecule has 0 atom stereocenters. The Morgan fingerprint density at radius 1 is 1.39 bits per heavy atom. The number of pyridine rings is 1. The van der Waals surface area contributed by atoms with E-state index < -0.39 is 5.97 Å². The van der Waals surface area contributed by atoms with Gasteiger partial charge in [0.1, 0.15) is 11.4 Å². The van der Waals surface area contributed by atoms with Crippen LogP contribution >= 0.6 is 0 Å². The number of hydrogen-bond donors (Lipinski definition) is 1. The Morgan fingerprint density at radius 2 is 2.22 bits per heavy atom. The number of aromatic carboxylic acids is 1. The number of methoxy groups -OCH3 is 1. The summed E-state index contributed by atoms with van der Waals surface area (Å²) in [6.07, 6.45) is 3.29. The molecule has 0 bridgehead atoms. The number of nitrogens with zero attached hydrogens (tertiary/aromatic N) is 2. The van der Waals surface area contributed by atoms with Crippen LogP contribution in [0, 0.1) is 0 Å². The highest BCUT2D eigenvalue weighted by atomic mass is 16.5. The highest BCUT2D eigenvalue weighted by molar-refractivity contribution is 5.96. The van der Waals surface area contributed by atoms with Gasteiger partial charge in [0, 0.05) is 17.8 Å². The summed E-state index contributed by atoms with van der Waals surface area (Å²) in [5.41, 5.74) is 0.647. The van der Waals surface area contributed by atoms with Crippen LogP contribution in [0.5, 0.6) is 5.75 Å². The van der Waals surface area contributed by atoms with Crippen LogP contribution in [0.3, 0.4) is 0 Å². The summed E-state index contributed by atoms with van der Waals surface area (Å²) in [4.78, 5) is 15.1. The van der Waals surface area contributed by atoms with Crippen molar-refractivity contribution in [2.45, 2.75) is 0 Å². The number of carbonyl (C=O) groups is 1. The molecule has 0 radical (unpaired) electrons. The van der Waals surface area contributed by atoms with Gasteiger partial charge in [0.05, 0.1) is 7.11 Å². The fraction of sp³-hybridized carbons (Fsp3) is 0.0769. The average molecular weight is 242 g/mol. The van der Waals surface area contributed by atoms with Crippen LogP contribution < -0.4 is 4.74 Å². The summed E-state index contributed by atoms with van der Waals surface area (Å²) in [6, 6.07) is 7.54. The Labute approximate surface area is 102 Å². The third-order valence-corrected chi connectivity index (χ3v) is 2.87. The maximum Gasteiger partial charge on any atom is 0.356 e. The topological polar surface area (TPSA) is 63.8 Å². The molecule has 90 valence electrons. The first-order valence-corrected chi connectivity index (χ1v) is 5.38. The lowest BCUT2D eigenvalue weighted by Gasteiger charge is -2.03. The molecule has 1 N–H and O–H groups in total. The van der Waals surface area contributed by atoms with Gasteiger partial charge in [-0.15, -0.1) is 0 Å². The summed E-state index contributed by atoms with van der Waals surface area (Å²) in [5, 5.41) is 10.8. The molecule has 0 unspecified atom stereocenters. The zero-order valence-electron chi connectivity index (χ0n) is 9.62. The minimum absolute atomic E-state index is 0.0327. The monoisotopic (exact) mass is 242 g/mol. The highest BCUT2D eigenvalue weighted by Gasteiger charge is 2.11. The molecule has 0 spiro atoms. The van der Waals surface area contributed by atoms with Crippen molar-refractivity contribution < 1.29 is 14.6 Å². The number of hydrogen-bond acceptors (Lipinski definition) is 3. The molecule has 5 nitrogen and oxygen atoms in total. The molecular weight excluding hydrogens is 232 g/mol. The minimum Gasteiger partial charge on any atom is -0.497 e. The highest BCUT2D eigenvalue weighted by Crippen LogP contribution is 2.24. The second-order valence-corrected chi connectivity index (χ2v) is 3.93. The molecule has 0 aliphatic carbocycles. The Hall–Kier alpha value is -2.56. The number of carboxylic acid groups (broad SMARTS) is 1. The first kappa shape index (κ1) is 10.6. The lowest BCUT2D eigenvalue weighted by molar-refractivity contribution is 0.0691. The molecule has 0 amide bonds. The van der Waals surface area contributed by atoms with Crippen LogP contribution in [-0.4, -0.2) is 27.6 Å². The van der Waals surface area contributed by atoms with Crippen molar-refractivity contribution >= 4 is 22.4 Å². The van der Waals surface area contributed by atoms with Crippen LogP contribution in [-0.2, 0) is 0 Å². The molecule has 0 fully saturated rings. The molecule has 0 aliphatic heterocycles. The largest absolute Gasteiger partial charge is 0.497 e. The normalized spacial score (nSPS) is 10.9. The summed E-state index contributed by atoms with van der Waals surface area (Å²) < 4.78 is 6.87. The van der Waals surface area contributed by atoms with E-state index in [-0.39, 0.29) is 5.69 Å². The standard InChI is InChI=1S/C13H10N2O3/c1-18-9-3-2-8-4-5-15-7-11(13(16)17)14-12(15)10(8)6-9/h2-7H,1H3,(H,16,17). The van der Waals surface area contributed by atoms with Gasteiger partial charge in [-0.25, -0.2) is 9.78 Å². The molecule has 18 heavy (non-hydrogen) atoms. The van der Waals surface area contributed by atoms with E-state index in [0.29, 0.717) is 5.65 Å². The van der Waals surface area contributed by atoms with Gasteiger partial charge in [0.15, 0.2) is 5.69 Å². The summed E-state index contributed by atoms with van der Waals surface area (Å²) in [6.45, 7) is 0. The molecule has 3 aromatic rings. The summed E-state index contributed by atoms with van der Waals surface area (Å²) in [7, 11) is 1.59. The second-order valence-electron chi connectivity index (χ2n) is 3.93. The van der Waals surface area contributed by atoms with Crippen LogP contribution in [0.1, 0.15) is 10.5 Å². The van der Waals surface area contributed by atoms with Crippen molar-refractivity contribution in [2.75, 3.05) is 7.11 Å². The van der Waals surface area contributed by atoms with Gasteiger partial charge in [-0.2, -0.15) is 0 Å². The number of carboxylic acids is 1. The zero-order valence-corrected chi connectivity index (χ0v) is 9.62. The number of ether oxygens (including phenoxy) is 1. The van der Waals surface area contributed by atoms with Gasteiger partial charge in [0.25, 0.3) is 0 Å². The van der Waals surface area contributed by atoms with Crippen molar-refractivity contribution in [2.24, 2.45) is 0 Å². The van der Waals surface area contributed by atoms with Crippen molar-refractivity contribution in [3.8, 4) is 5.75 Å². The molecular formula is C13H10N2O3. The van der Waals surface area contributed by atoms with Crippen LogP contribution in [0.2, 0.25) is 0 Å². The van der Waals surface area contributed by atoms with E-state index in [9.17, 15) is 4.79 Å². The Balaban J connectivity index is 2.39. The van der Waals surface area contributed by atoms with Crippen molar-refractivity contribution in [3.05, 3.63) is 42.4 Å². The molecule has 5 heteroatoms. The van der Waals surface area contributed by atoms with E-state index in [4.69, 9.17) is 9.84 Å².